The highest BCUT2D eigenvalue weighted by atomic mass is 15.4. The second-order valence-corrected chi connectivity index (χ2v) is 3.89. The second-order valence-electron chi connectivity index (χ2n) is 3.89. The summed E-state index contributed by atoms with van der Waals surface area (Å²) in [5.74, 6) is 0.848. The Morgan fingerprint density at radius 3 is 3.25 bits per heavy atom. The molecule has 84 valence electrons. The molecule has 1 aliphatic heterocycles. The number of rotatable bonds is 2. The quantitative estimate of drug-likeness (QED) is 0.813. The summed E-state index contributed by atoms with van der Waals surface area (Å²) in [7, 11) is 0. The van der Waals surface area contributed by atoms with Gasteiger partial charge in [-0.05, 0) is 13.3 Å². The summed E-state index contributed by atoms with van der Waals surface area (Å²) in [6, 6.07) is 0.263. The second kappa shape index (κ2) is 3.62. The van der Waals surface area contributed by atoms with E-state index < -0.39 is 0 Å². The highest BCUT2D eigenvalue weighted by Crippen LogP contribution is 2.26. The predicted octanol–water partition coefficient (Wildman–Crippen LogP) is 0.899. The zero-order chi connectivity index (χ0) is 11.0. The van der Waals surface area contributed by atoms with E-state index in [4.69, 9.17) is 0 Å². The Bertz CT molecular complexity index is 485. The highest BCUT2D eigenvalue weighted by Gasteiger charge is 2.23. The van der Waals surface area contributed by atoms with Crippen LogP contribution in [0.5, 0.6) is 0 Å². The van der Waals surface area contributed by atoms with Crippen molar-refractivity contribution in [3.8, 4) is 0 Å². The average molecular weight is 218 g/mol. The van der Waals surface area contributed by atoms with Crippen LogP contribution in [0.2, 0.25) is 0 Å². The highest BCUT2D eigenvalue weighted by molar-refractivity contribution is 5.29. The zero-order valence-electron chi connectivity index (χ0n) is 9.17. The van der Waals surface area contributed by atoms with Gasteiger partial charge < -0.3 is 5.32 Å². The van der Waals surface area contributed by atoms with Gasteiger partial charge in [0.2, 0.25) is 5.95 Å². The fourth-order valence-corrected chi connectivity index (χ4v) is 2.08. The van der Waals surface area contributed by atoms with Gasteiger partial charge in [-0.25, -0.2) is 4.68 Å². The molecule has 0 amide bonds. The van der Waals surface area contributed by atoms with E-state index in [2.05, 4.69) is 33.6 Å². The van der Waals surface area contributed by atoms with Gasteiger partial charge in [0.15, 0.2) is 0 Å². The maximum Gasteiger partial charge on any atom is 0.221 e. The molecule has 3 heterocycles. The SMILES string of the molecule is CCn1cc(C2CCNc3ncnn32)cn1. The Balaban J connectivity index is 1.97. The third-order valence-corrected chi connectivity index (χ3v) is 2.93. The number of fused-ring (bicyclic) bond motifs is 1. The maximum absolute atomic E-state index is 4.30. The third-order valence-electron chi connectivity index (χ3n) is 2.93. The lowest BCUT2D eigenvalue weighted by Crippen LogP contribution is -2.24. The van der Waals surface area contributed by atoms with Crippen molar-refractivity contribution in [1.29, 1.82) is 0 Å². The Labute approximate surface area is 93.3 Å². The van der Waals surface area contributed by atoms with Gasteiger partial charge in [-0.15, -0.1) is 0 Å². The number of aromatic nitrogens is 5. The van der Waals surface area contributed by atoms with E-state index in [0.29, 0.717) is 0 Å². The van der Waals surface area contributed by atoms with Crippen LogP contribution in [0.15, 0.2) is 18.7 Å². The topological polar surface area (TPSA) is 60.6 Å². The van der Waals surface area contributed by atoms with Crippen LogP contribution in [0, 0.1) is 0 Å². The number of hydrogen-bond acceptors (Lipinski definition) is 4. The largest absolute Gasteiger partial charge is 0.354 e. The molecule has 1 aliphatic rings. The number of nitrogens with zero attached hydrogens (tertiary/aromatic N) is 5. The molecule has 0 fully saturated rings. The average Bonchev–Trinajstić information content (AvgIpc) is 2.97. The van der Waals surface area contributed by atoms with E-state index in [9.17, 15) is 0 Å². The van der Waals surface area contributed by atoms with Crippen LogP contribution in [0.1, 0.15) is 24.9 Å². The predicted molar refractivity (Wildman–Crippen MR) is 59.2 cm³/mol. The number of hydrogen-bond donors (Lipinski definition) is 1. The minimum atomic E-state index is 0.263. The molecular weight excluding hydrogens is 204 g/mol. The fraction of sp³-hybridized carbons (Fsp3) is 0.500. The lowest BCUT2D eigenvalue weighted by molar-refractivity contribution is 0.479. The molecule has 0 aromatic carbocycles. The summed E-state index contributed by atoms with van der Waals surface area (Å²) in [4.78, 5) is 4.17. The monoisotopic (exact) mass is 218 g/mol. The van der Waals surface area contributed by atoms with E-state index in [-0.39, 0.29) is 6.04 Å². The van der Waals surface area contributed by atoms with Crippen molar-refractivity contribution >= 4 is 5.95 Å². The minimum absolute atomic E-state index is 0.263. The van der Waals surface area contributed by atoms with Crippen LogP contribution in [-0.4, -0.2) is 31.1 Å². The number of aryl methyl sites for hydroxylation is 1. The summed E-state index contributed by atoms with van der Waals surface area (Å²) in [6.45, 7) is 3.91. The van der Waals surface area contributed by atoms with Crippen LogP contribution in [0.3, 0.4) is 0 Å². The van der Waals surface area contributed by atoms with Gasteiger partial charge in [0.25, 0.3) is 0 Å². The Morgan fingerprint density at radius 1 is 1.50 bits per heavy atom. The lowest BCUT2D eigenvalue weighted by atomic mass is 10.1. The molecule has 3 rings (SSSR count). The van der Waals surface area contributed by atoms with Crippen LogP contribution in [0.4, 0.5) is 5.95 Å². The number of anilines is 1. The first kappa shape index (κ1) is 9.38. The zero-order valence-corrected chi connectivity index (χ0v) is 9.17. The van der Waals surface area contributed by atoms with Gasteiger partial charge >= 0.3 is 0 Å². The van der Waals surface area contributed by atoms with Crippen LogP contribution < -0.4 is 5.32 Å². The molecule has 0 aliphatic carbocycles. The van der Waals surface area contributed by atoms with Crippen molar-refractivity contribution < 1.29 is 0 Å². The van der Waals surface area contributed by atoms with Gasteiger partial charge in [-0.2, -0.15) is 15.2 Å². The molecule has 0 saturated heterocycles. The van der Waals surface area contributed by atoms with Crippen molar-refractivity contribution in [2.45, 2.75) is 25.9 Å². The van der Waals surface area contributed by atoms with Crippen molar-refractivity contribution in [3.63, 3.8) is 0 Å². The van der Waals surface area contributed by atoms with Crippen LogP contribution in [0.25, 0.3) is 0 Å². The molecule has 0 spiro atoms. The van der Waals surface area contributed by atoms with E-state index >= 15 is 0 Å². The van der Waals surface area contributed by atoms with E-state index in [1.54, 1.807) is 6.33 Å². The summed E-state index contributed by atoms with van der Waals surface area (Å²) in [5.41, 5.74) is 1.20. The standard InChI is InChI=1S/C10H14N6/c1-2-15-6-8(5-13-15)9-3-4-11-10-12-7-14-16(9)10/h5-7,9H,2-4H2,1H3,(H,11,12,14). The molecule has 1 N–H and O–H groups in total. The summed E-state index contributed by atoms with van der Waals surface area (Å²) in [5, 5.41) is 11.8. The van der Waals surface area contributed by atoms with Gasteiger partial charge in [-0.1, -0.05) is 0 Å². The van der Waals surface area contributed by atoms with E-state index in [1.807, 2.05) is 15.6 Å². The van der Waals surface area contributed by atoms with Gasteiger partial charge in [0.1, 0.15) is 6.33 Å². The molecule has 2 aromatic rings. The maximum atomic E-state index is 4.30. The van der Waals surface area contributed by atoms with Crippen LogP contribution >= 0.6 is 0 Å². The number of nitrogens with one attached hydrogen (secondary N) is 1. The Kier molecular flexibility index (Phi) is 2.12. The first-order valence-corrected chi connectivity index (χ1v) is 5.54. The summed E-state index contributed by atoms with van der Waals surface area (Å²) in [6.07, 6.45) is 6.61. The molecule has 1 atom stereocenters. The molecule has 0 radical (unpaired) electrons. The van der Waals surface area contributed by atoms with E-state index in [1.165, 1.54) is 5.56 Å². The molecule has 6 nitrogen and oxygen atoms in total. The third kappa shape index (κ3) is 1.37. The van der Waals surface area contributed by atoms with Crippen molar-refractivity contribution in [2.75, 3.05) is 11.9 Å². The molecule has 2 aromatic heterocycles. The van der Waals surface area contributed by atoms with Crippen molar-refractivity contribution in [3.05, 3.63) is 24.3 Å². The van der Waals surface area contributed by atoms with E-state index in [0.717, 1.165) is 25.5 Å². The molecule has 6 heteroatoms. The fourth-order valence-electron chi connectivity index (χ4n) is 2.08. The van der Waals surface area contributed by atoms with Gasteiger partial charge in [0.05, 0.1) is 12.2 Å². The molecule has 1 unspecified atom stereocenters. The smallest absolute Gasteiger partial charge is 0.221 e. The summed E-state index contributed by atoms with van der Waals surface area (Å²) < 4.78 is 3.87. The molecule has 16 heavy (non-hydrogen) atoms. The molecular formula is C10H14N6. The molecule has 0 saturated carbocycles. The molecule has 0 bridgehead atoms. The van der Waals surface area contributed by atoms with Gasteiger partial charge in [0, 0.05) is 24.8 Å². The lowest BCUT2D eigenvalue weighted by Gasteiger charge is -2.23. The first-order chi connectivity index (χ1) is 7.88. The first-order valence-electron chi connectivity index (χ1n) is 5.54. The normalized spacial score (nSPS) is 19.2. The Hall–Kier alpha value is -1.85. The Morgan fingerprint density at radius 2 is 2.44 bits per heavy atom. The van der Waals surface area contributed by atoms with Crippen molar-refractivity contribution in [1.82, 2.24) is 24.5 Å². The van der Waals surface area contributed by atoms with Gasteiger partial charge in [-0.3, -0.25) is 4.68 Å². The van der Waals surface area contributed by atoms with Crippen molar-refractivity contribution in [2.24, 2.45) is 0 Å². The van der Waals surface area contributed by atoms with Crippen LogP contribution in [-0.2, 0) is 6.54 Å². The minimum Gasteiger partial charge on any atom is -0.354 e. The summed E-state index contributed by atoms with van der Waals surface area (Å²) >= 11 is 0.